The molecule has 0 fully saturated rings. The molecular weight excluding hydrogens is 352 g/mol. The molecule has 0 N–H and O–H groups in total. The predicted octanol–water partition coefficient (Wildman–Crippen LogP) is 6.47. The summed E-state index contributed by atoms with van der Waals surface area (Å²) in [5.74, 6) is 3.37. The average molecular weight is 381 g/mol. The van der Waals surface area contributed by atoms with Crippen LogP contribution in [0, 0.1) is 11.5 Å². The van der Waals surface area contributed by atoms with E-state index in [0.717, 1.165) is 31.2 Å². The zero-order valence-electron chi connectivity index (χ0n) is 17.2. The first kappa shape index (κ1) is 18.8. The maximum absolute atomic E-state index is 3.46. The van der Waals surface area contributed by atoms with Crippen LogP contribution in [-0.2, 0) is 25.7 Å². The number of rotatable bonds is 1. The van der Waals surface area contributed by atoms with Crippen LogP contribution < -0.4 is 0 Å². The molecule has 0 amide bonds. The molecule has 0 unspecified atom stereocenters. The van der Waals surface area contributed by atoms with Crippen LogP contribution in [0.4, 0.5) is 0 Å². The molecule has 4 aliphatic rings. The third kappa shape index (κ3) is 4.64. The monoisotopic (exact) mass is 380 g/mol. The van der Waals surface area contributed by atoms with Crippen LogP contribution in [0.3, 0.4) is 0 Å². The fourth-order valence-corrected chi connectivity index (χ4v) is 4.22. The largest absolute Gasteiger partial charge is 0.129 e. The summed E-state index contributed by atoms with van der Waals surface area (Å²) in [4.78, 5) is 0. The number of hydrogen-bond donors (Lipinski definition) is 0. The lowest BCUT2D eigenvalue weighted by molar-refractivity contribution is 0.923. The Bertz CT molecular complexity index is 1020. The second-order valence-corrected chi connectivity index (χ2v) is 13.6. The summed E-state index contributed by atoms with van der Waals surface area (Å²) in [6.45, 7) is 6.86. The van der Waals surface area contributed by atoms with Crippen LogP contribution in [-0.4, -0.2) is 8.07 Å². The SMILES string of the molecule is C[Si](C)(C)C#Cc1ccc(-c2cc3ccc2CCc2ccc(cc2)CC3)cc1. The molecule has 1 heteroatoms. The molecule has 0 radical (unpaired) electrons. The standard InChI is InChI=1S/C27H28Si/c1-28(2,3)19-18-23-11-15-25(16-12-23)27-20-24-9-8-21-4-6-22(7-5-21)10-14-26(27)17-13-24/h4-7,11-13,15-17,20H,8-10,14H2,1-3H3. The molecule has 28 heavy (non-hydrogen) atoms. The molecule has 0 atom stereocenters. The van der Waals surface area contributed by atoms with Gasteiger partial charge in [-0.1, -0.05) is 80.2 Å². The van der Waals surface area contributed by atoms with Crippen molar-refractivity contribution in [3.63, 3.8) is 0 Å². The third-order valence-corrected chi connectivity index (χ3v) is 6.24. The molecule has 7 rings (SSSR count). The van der Waals surface area contributed by atoms with Crippen molar-refractivity contribution in [2.45, 2.75) is 45.3 Å². The third-order valence-electron chi connectivity index (χ3n) is 5.36. The molecule has 0 heterocycles. The van der Waals surface area contributed by atoms with E-state index in [9.17, 15) is 0 Å². The summed E-state index contributed by atoms with van der Waals surface area (Å²) in [6.07, 6.45) is 4.36. The smallest absolute Gasteiger partial charge is 0.127 e. The summed E-state index contributed by atoms with van der Waals surface area (Å²) >= 11 is 0. The van der Waals surface area contributed by atoms with Crippen LogP contribution in [0.25, 0.3) is 11.1 Å². The predicted molar refractivity (Wildman–Crippen MR) is 123 cm³/mol. The van der Waals surface area contributed by atoms with Crippen molar-refractivity contribution in [3.8, 4) is 22.6 Å². The molecule has 3 aromatic carbocycles. The second-order valence-electron chi connectivity index (χ2n) is 8.89. The second kappa shape index (κ2) is 7.82. The Labute approximate surface area is 170 Å². The minimum atomic E-state index is -1.34. The van der Waals surface area contributed by atoms with Crippen molar-refractivity contribution in [3.05, 3.63) is 94.5 Å². The zero-order chi connectivity index (χ0) is 19.6. The van der Waals surface area contributed by atoms with Crippen molar-refractivity contribution in [2.75, 3.05) is 0 Å². The fraction of sp³-hybridized carbons (Fsp3) is 0.259. The van der Waals surface area contributed by atoms with E-state index < -0.39 is 8.07 Å². The highest BCUT2D eigenvalue weighted by molar-refractivity contribution is 6.83. The summed E-state index contributed by atoms with van der Waals surface area (Å²) in [5, 5.41) is 0. The molecule has 3 aromatic rings. The Morgan fingerprint density at radius 2 is 1.21 bits per heavy atom. The first-order valence-corrected chi connectivity index (χ1v) is 13.8. The van der Waals surface area contributed by atoms with Gasteiger partial charge in [-0.05, 0) is 71.2 Å². The van der Waals surface area contributed by atoms with E-state index in [2.05, 4.69) is 97.8 Å². The van der Waals surface area contributed by atoms with Gasteiger partial charge < -0.3 is 0 Å². The maximum atomic E-state index is 3.46. The van der Waals surface area contributed by atoms with E-state index in [1.54, 1.807) is 0 Å². The Balaban J connectivity index is 1.67. The Morgan fingerprint density at radius 3 is 1.86 bits per heavy atom. The van der Waals surface area contributed by atoms with Gasteiger partial charge in [-0.25, -0.2) is 0 Å². The summed E-state index contributed by atoms with van der Waals surface area (Å²) in [7, 11) is -1.34. The lowest BCUT2D eigenvalue weighted by atomic mass is 9.90. The Morgan fingerprint density at radius 1 is 0.643 bits per heavy atom. The van der Waals surface area contributed by atoms with Crippen LogP contribution in [0.5, 0.6) is 0 Å². The lowest BCUT2D eigenvalue weighted by Gasteiger charge is -2.15. The van der Waals surface area contributed by atoms with Gasteiger partial charge in [-0.2, -0.15) is 0 Å². The highest BCUT2D eigenvalue weighted by Crippen LogP contribution is 2.28. The van der Waals surface area contributed by atoms with Gasteiger partial charge in [0.05, 0.1) is 0 Å². The van der Waals surface area contributed by atoms with Crippen LogP contribution in [0.2, 0.25) is 19.6 Å². The van der Waals surface area contributed by atoms with E-state index >= 15 is 0 Å². The quantitative estimate of drug-likeness (QED) is 0.335. The molecule has 140 valence electrons. The molecule has 0 nitrogen and oxygen atoms in total. The van der Waals surface area contributed by atoms with Crippen molar-refractivity contribution in [2.24, 2.45) is 0 Å². The van der Waals surface area contributed by atoms with Crippen LogP contribution in [0.15, 0.2) is 66.7 Å². The van der Waals surface area contributed by atoms with Gasteiger partial charge in [0.1, 0.15) is 8.07 Å². The van der Waals surface area contributed by atoms with E-state index in [4.69, 9.17) is 0 Å². The van der Waals surface area contributed by atoms with E-state index in [1.165, 1.54) is 33.4 Å². The molecule has 0 aromatic heterocycles. The van der Waals surface area contributed by atoms with Gasteiger partial charge in [-0.3, -0.25) is 0 Å². The van der Waals surface area contributed by atoms with E-state index in [1.807, 2.05) is 0 Å². The first-order valence-electron chi connectivity index (χ1n) is 10.3. The van der Waals surface area contributed by atoms with Gasteiger partial charge in [0.25, 0.3) is 0 Å². The number of hydrogen-bond acceptors (Lipinski definition) is 0. The summed E-state index contributed by atoms with van der Waals surface area (Å²) in [6, 6.07) is 25.1. The minimum Gasteiger partial charge on any atom is -0.127 e. The molecule has 0 saturated heterocycles. The van der Waals surface area contributed by atoms with Crippen LogP contribution >= 0.6 is 0 Å². The molecule has 0 saturated carbocycles. The highest BCUT2D eigenvalue weighted by Gasteiger charge is 2.10. The Hall–Kier alpha value is -2.56. The first-order chi connectivity index (χ1) is 13.5. The van der Waals surface area contributed by atoms with Crippen molar-refractivity contribution in [1.82, 2.24) is 0 Å². The minimum absolute atomic E-state index is 1.08. The normalized spacial score (nSPS) is 13.4. The number of aryl methyl sites for hydroxylation is 4. The van der Waals surface area contributed by atoms with Gasteiger partial charge in [0.2, 0.25) is 0 Å². The molecule has 0 spiro atoms. The molecular formula is C27H28Si. The average Bonchev–Trinajstić information content (AvgIpc) is 2.68. The van der Waals surface area contributed by atoms with Gasteiger partial charge in [0.15, 0.2) is 0 Å². The molecule has 4 bridgehead atoms. The van der Waals surface area contributed by atoms with Crippen molar-refractivity contribution >= 4 is 8.07 Å². The van der Waals surface area contributed by atoms with E-state index in [0.29, 0.717) is 0 Å². The molecule has 4 aliphatic carbocycles. The van der Waals surface area contributed by atoms with Crippen molar-refractivity contribution in [1.29, 1.82) is 0 Å². The topological polar surface area (TPSA) is 0 Å². The fourth-order valence-electron chi connectivity index (χ4n) is 3.70. The highest BCUT2D eigenvalue weighted by atomic mass is 28.3. The summed E-state index contributed by atoms with van der Waals surface area (Å²) in [5.41, 5.74) is 13.0. The summed E-state index contributed by atoms with van der Waals surface area (Å²) < 4.78 is 0. The van der Waals surface area contributed by atoms with Gasteiger partial charge >= 0.3 is 0 Å². The maximum Gasteiger partial charge on any atom is 0.129 e. The van der Waals surface area contributed by atoms with Gasteiger partial charge in [0, 0.05) is 5.56 Å². The van der Waals surface area contributed by atoms with Crippen molar-refractivity contribution < 1.29 is 0 Å². The molecule has 0 aliphatic heterocycles. The lowest BCUT2D eigenvalue weighted by Crippen LogP contribution is -2.16. The van der Waals surface area contributed by atoms with E-state index in [-0.39, 0.29) is 0 Å². The Kier molecular flexibility index (Phi) is 5.24. The van der Waals surface area contributed by atoms with Crippen LogP contribution in [0.1, 0.15) is 27.8 Å². The zero-order valence-corrected chi connectivity index (χ0v) is 18.2. The van der Waals surface area contributed by atoms with Gasteiger partial charge in [-0.15, -0.1) is 5.54 Å². The number of benzene rings is 3.